The molecule has 2 amide bonds. The van der Waals surface area contributed by atoms with Gasteiger partial charge in [0.15, 0.2) is 0 Å². The lowest BCUT2D eigenvalue weighted by atomic mass is 9.87. The zero-order valence-corrected chi connectivity index (χ0v) is 17.1. The molecule has 2 unspecified atom stereocenters. The van der Waals surface area contributed by atoms with Crippen LogP contribution in [-0.4, -0.2) is 63.4 Å². The minimum Gasteiger partial charge on any atom is -0.480 e. The summed E-state index contributed by atoms with van der Waals surface area (Å²) in [5.74, 6) is -2.19. The number of aromatic nitrogens is 1. The average molecular weight is 419 g/mol. The van der Waals surface area contributed by atoms with Crippen LogP contribution >= 0.6 is 0 Å². The van der Waals surface area contributed by atoms with Crippen molar-refractivity contribution in [3.8, 4) is 0 Å². The number of aromatic amines is 1. The number of benzene rings is 1. The summed E-state index contributed by atoms with van der Waals surface area (Å²) >= 11 is 0. The van der Waals surface area contributed by atoms with Gasteiger partial charge in [0.05, 0.1) is 6.61 Å². The molecule has 6 N–H and O–H groups in total. The number of fused-ring (bicyclic) bond motifs is 1. The van der Waals surface area contributed by atoms with E-state index in [9.17, 15) is 29.7 Å². The molecule has 0 saturated carbocycles. The van der Waals surface area contributed by atoms with E-state index in [0.717, 1.165) is 16.5 Å². The summed E-state index contributed by atoms with van der Waals surface area (Å²) in [6.07, 6.45) is 0.816. The second kappa shape index (κ2) is 10.2. The van der Waals surface area contributed by atoms with Crippen molar-refractivity contribution in [2.45, 2.75) is 45.3 Å². The number of carbonyl (C=O) groups is 3. The molecule has 2 atom stereocenters. The highest BCUT2D eigenvalue weighted by atomic mass is 16.4. The van der Waals surface area contributed by atoms with Crippen LogP contribution in [0.5, 0.6) is 0 Å². The number of carbonyl (C=O) groups excluding carboxylic acids is 2. The Morgan fingerprint density at radius 1 is 1.20 bits per heavy atom. The molecule has 0 radical (unpaired) electrons. The number of hydrogen-bond donors (Lipinski definition) is 6. The quantitative estimate of drug-likeness (QED) is 0.293. The fraction of sp³-hybridized carbons (Fsp3) is 0.476. The summed E-state index contributed by atoms with van der Waals surface area (Å²) in [6, 6.07) is 6.44. The molecule has 2 rings (SSSR count). The predicted octanol–water partition coefficient (Wildman–Crippen LogP) is 0.556. The Morgan fingerprint density at radius 2 is 1.90 bits per heavy atom. The summed E-state index contributed by atoms with van der Waals surface area (Å²) in [5.41, 5.74) is 0.717. The first-order chi connectivity index (χ1) is 14.2. The lowest BCUT2D eigenvalue weighted by Gasteiger charge is -2.27. The number of carboxylic acid groups (broad SMARTS) is 1. The second-order valence-electron chi connectivity index (χ2n) is 7.97. The molecular formula is C21H29N3O6. The summed E-state index contributed by atoms with van der Waals surface area (Å²) < 4.78 is 0. The maximum absolute atomic E-state index is 12.2. The summed E-state index contributed by atoms with van der Waals surface area (Å²) in [6.45, 7) is 2.91. The maximum atomic E-state index is 12.2. The van der Waals surface area contributed by atoms with Crippen molar-refractivity contribution in [3.63, 3.8) is 0 Å². The van der Waals surface area contributed by atoms with Crippen LogP contribution in [0, 0.1) is 5.41 Å². The van der Waals surface area contributed by atoms with Crippen LogP contribution in [0.25, 0.3) is 10.9 Å². The van der Waals surface area contributed by atoms with Crippen molar-refractivity contribution >= 4 is 28.7 Å². The van der Waals surface area contributed by atoms with Crippen LogP contribution in [0.3, 0.4) is 0 Å². The van der Waals surface area contributed by atoms with Crippen molar-refractivity contribution < 1.29 is 29.7 Å². The third-order valence-corrected chi connectivity index (χ3v) is 5.01. The molecule has 30 heavy (non-hydrogen) atoms. The Kier molecular flexibility index (Phi) is 7.96. The molecule has 0 fully saturated rings. The van der Waals surface area contributed by atoms with Gasteiger partial charge in [-0.1, -0.05) is 32.0 Å². The van der Waals surface area contributed by atoms with Crippen molar-refractivity contribution in [1.82, 2.24) is 15.6 Å². The summed E-state index contributed by atoms with van der Waals surface area (Å²) in [7, 11) is 0. The van der Waals surface area contributed by atoms with E-state index in [1.807, 2.05) is 24.3 Å². The van der Waals surface area contributed by atoms with Gasteiger partial charge in [-0.05, 0) is 18.1 Å². The molecule has 164 valence electrons. The number of H-pyrrole nitrogens is 1. The first-order valence-corrected chi connectivity index (χ1v) is 9.79. The van der Waals surface area contributed by atoms with Gasteiger partial charge < -0.3 is 30.9 Å². The monoisotopic (exact) mass is 419 g/mol. The van der Waals surface area contributed by atoms with E-state index in [0.29, 0.717) is 0 Å². The lowest BCUT2D eigenvalue weighted by molar-refractivity contribution is -0.141. The third-order valence-electron chi connectivity index (χ3n) is 5.01. The van der Waals surface area contributed by atoms with E-state index in [2.05, 4.69) is 15.6 Å². The minimum atomic E-state index is -1.37. The molecule has 0 aliphatic carbocycles. The molecule has 0 saturated heterocycles. The molecule has 0 spiro atoms. The number of amides is 2. The number of aliphatic hydroxyl groups is 2. The number of hydrogen-bond acceptors (Lipinski definition) is 5. The van der Waals surface area contributed by atoms with E-state index < -0.39 is 35.3 Å². The molecular weight excluding hydrogens is 390 g/mol. The topological polar surface area (TPSA) is 152 Å². The lowest BCUT2D eigenvalue weighted by Crippen LogP contribution is -2.46. The van der Waals surface area contributed by atoms with Crippen LogP contribution in [0.15, 0.2) is 30.5 Å². The second-order valence-corrected chi connectivity index (χ2v) is 7.97. The number of para-hydroxylation sites is 1. The molecule has 9 heteroatoms. The summed E-state index contributed by atoms with van der Waals surface area (Å²) in [5, 5.41) is 34.5. The molecule has 0 aliphatic rings. The Bertz CT molecular complexity index is 892. The average Bonchev–Trinajstić information content (AvgIpc) is 3.12. The van der Waals surface area contributed by atoms with E-state index >= 15 is 0 Å². The van der Waals surface area contributed by atoms with Crippen molar-refractivity contribution in [1.29, 1.82) is 0 Å². The Hall–Kier alpha value is -2.91. The van der Waals surface area contributed by atoms with E-state index in [1.54, 1.807) is 20.0 Å². The molecule has 1 heterocycles. The Balaban J connectivity index is 1.82. The highest BCUT2D eigenvalue weighted by Crippen LogP contribution is 2.20. The minimum absolute atomic E-state index is 0.0252. The van der Waals surface area contributed by atoms with Crippen LogP contribution in [0.1, 0.15) is 32.3 Å². The number of nitrogens with one attached hydrogen (secondary N) is 3. The van der Waals surface area contributed by atoms with Gasteiger partial charge in [0.2, 0.25) is 11.8 Å². The predicted molar refractivity (Wildman–Crippen MR) is 111 cm³/mol. The molecule has 9 nitrogen and oxygen atoms in total. The highest BCUT2D eigenvalue weighted by Gasteiger charge is 2.32. The molecule has 1 aromatic carbocycles. The molecule has 0 aliphatic heterocycles. The van der Waals surface area contributed by atoms with Gasteiger partial charge in [-0.3, -0.25) is 9.59 Å². The van der Waals surface area contributed by atoms with Gasteiger partial charge in [-0.25, -0.2) is 4.79 Å². The van der Waals surface area contributed by atoms with Crippen molar-refractivity contribution in [2.24, 2.45) is 5.41 Å². The highest BCUT2D eigenvalue weighted by molar-refractivity contribution is 5.86. The fourth-order valence-electron chi connectivity index (χ4n) is 2.99. The summed E-state index contributed by atoms with van der Waals surface area (Å²) in [4.78, 5) is 38.7. The maximum Gasteiger partial charge on any atom is 0.326 e. The molecule has 2 aromatic rings. The van der Waals surface area contributed by atoms with Crippen LogP contribution in [0.2, 0.25) is 0 Å². The number of aliphatic hydroxyl groups excluding tert-OH is 2. The number of rotatable bonds is 11. The van der Waals surface area contributed by atoms with Crippen LogP contribution in [0.4, 0.5) is 0 Å². The van der Waals surface area contributed by atoms with Crippen LogP contribution < -0.4 is 10.6 Å². The Labute approximate surface area is 174 Å². The van der Waals surface area contributed by atoms with Crippen molar-refractivity contribution in [3.05, 3.63) is 36.0 Å². The first-order valence-electron chi connectivity index (χ1n) is 9.79. The van der Waals surface area contributed by atoms with Gasteiger partial charge in [0, 0.05) is 41.9 Å². The normalized spacial score (nSPS) is 13.6. The number of aliphatic carboxylic acids is 1. The molecule has 1 aromatic heterocycles. The van der Waals surface area contributed by atoms with E-state index in [4.69, 9.17) is 0 Å². The number of carboxylic acids is 1. The zero-order chi connectivity index (χ0) is 22.3. The Morgan fingerprint density at radius 3 is 2.57 bits per heavy atom. The van der Waals surface area contributed by atoms with Crippen LogP contribution in [-0.2, 0) is 20.8 Å². The van der Waals surface area contributed by atoms with E-state index in [1.165, 1.54) is 0 Å². The standard InChI is InChI=1S/C21H29N3O6/c1-21(2,12-25)18(27)19(28)22-9-5-8-17(26)24-16(20(29)30)10-13-11-23-15-7-4-3-6-14(13)15/h3-4,6-7,11,16,18,23,25,27H,5,8-10,12H2,1-2H3,(H,22,28)(H,24,26)(H,29,30). The smallest absolute Gasteiger partial charge is 0.326 e. The van der Waals surface area contributed by atoms with Gasteiger partial charge in [0.25, 0.3) is 0 Å². The fourth-order valence-corrected chi connectivity index (χ4v) is 2.99. The van der Waals surface area contributed by atoms with Gasteiger partial charge >= 0.3 is 5.97 Å². The van der Waals surface area contributed by atoms with Gasteiger partial charge in [0.1, 0.15) is 12.1 Å². The zero-order valence-electron chi connectivity index (χ0n) is 17.1. The first kappa shape index (κ1) is 23.4. The third kappa shape index (κ3) is 6.04. The van der Waals surface area contributed by atoms with Gasteiger partial charge in [-0.2, -0.15) is 0 Å². The van der Waals surface area contributed by atoms with E-state index in [-0.39, 0.29) is 32.4 Å². The van der Waals surface area contributed by atoms with Gasteiger partial charge in [-0.15, -0.1) is 0 Å². The largest absolute Gasteiger partial charge is 0.480 e. The molecule has 0 bridgehead atoms. The SMILES string of the molecule is CC(C)(CO)C(O)C(=O)NCCCC(=O)NC(Cc1c[nH]c2ccccc12)C(=O)O. The van der Waals surface area contributed by atoms with Crippen molar-refractivity contribution in [2.75, 3.05) is 13.2 Å².